The first-order valence-electron chi connectivity index (χ1n) is 10.2. The number of carbonyl (C=O) groups excluding carboxylic acids is 1. The number of thioether (sulfide) groups is 1. The molecule has 0 spiro atoms. The summed E-state index contributed by atoms with van der Waals surface area (Å²) in [6.07, 6.45) is 1.84. The summed E-state index contributed by atoms with van der Waals surface area (Å²) >= 11 is 15.6. The predicted octanol–water partition coefficient (Wildman–Crippen LogP) is 7.81. The molecule has 1 saturated heterocycles. The molecular formula is C25H19Cl2IN2O3S. The number of carbonyl (C=O) groups is 1. The van der Waals surface area contributed by atoms with Crippen LogP contribution in [0.25, 0.3) is 6.08 Å². The van der Waals surface area contributed by atoms with Crippen LogP contribution in [0.4, 0.5) is 11.4 Å². The number of amides is 1. The number of rotatable bonds is 6. The number of benzene rings is 3. The fraction of sp³-hybridized carbons (Fsp3) is 0.120. The smallest absolute Gasteiger partial charge is 0.271 e. The van der Waals surface area contributed by atoms with Gasteiger partial charge in [0.25, 0.3) is 5.91 Å². The van der Waals surface area contributed by atoms with Gasteiger partial charge >= 0.3 is 0 Å². The summed E-state index contributed by atoms with van der Waals surface area (Å²) in [7, 11) is 1.61. The molecule has 0 radical (unpaired) electrons. The normalized spacial score (nSPS) is 15.9. The van der Waals surface area contributed by atoms with Crippen molar-refractivity contribution >= 4 is 86.1 Å². The van der Waals surface area contributed by atoms with Crippen LogP contribution in [0.15, 0.2) is 70.6 Å². The average molecular weight is 625 g/mol. The number of halogens is 3. The van der Waals surface area contributed by atoms with E-state index in [9.17, 15) is 4.79 Å². The minimum Gasteiger partial charge on any atom is -0.492 e. The Hall–Kier alpha value is -2.20. The molecule has 0 bridgehead atoms. The van der Waals surface area contributed by atoms with E-state index in [-0.39, 0.29) is 5.91 Å². The van der Waals surface area contributed by atoms with Crippen LogP contribution in [-0.4, -0.2) is 24.8 Å². The van der Waals surface area contributed by atoms with E-state index >= 15 is 0 Å². The molecule has 0 aliphatic carbocycles. The van der Waals surface area contributed by atoms with E-state index in [1.165, 1.54) is 11.8 Å². The van der Waals surface area contributed by atoms with E-state index in [2.05, 4.69) is 22.6 Å². The van der Waals surface area contributed by atoms with Gasteiger partial charge in [-0.05, 0) is 114 Å². The molecule has 1 fully saturated rings. The summed E-state index contributed by atoms with van der Waals surface area (Å²) in [6.45, 7) is 2.42. The highest BCUT2D eigenvalue weighted by Crippen LogP contribution is 2.40. The Labute approximate surface area is 225 Å². The highest BCUT2D eigenvalue weighted by Gasteiger charge is 2.35. The Morgan fingerprint density at radius 2 is 1.71 bits per heavy atom. The largest absolute Gasteiger partial charge is 0.492 e. The average Bonchev–Trinajstić information content (AvgIpc) is 3.10. The highest BCUT2D eigenvalue weighted by molar-refractivity contribution is 14.1. The van der Waals surface area contributed by atoms with Crippen LogP contribution in [0, 0.1) is 3.57 Å². The third kappa shape index (κ3) is 5.54. The number of aliphatic imine (C=N–C) groups is 1. The van der Waals surface area contributed by atoms with Crippen LogP contribution < -0.4 is 14.4 Å². The van der Waals surface area contributed by atoms with E-state index in [0.717, 1.165) is 9.13 Å². The minimum atomic E-state index is -0.177. The molecule has 3 aromatic carbocycles. The third-order valence-corrected chi connectivity index (χ3v) is 7.05. The number of amidine groups is 1. The number of methoxy groups -OCH3 is 1. The Bertz CT molecular complexity index is 1280. The van der Waals surface area contributed by atoms with Gasteiger partial charge in [-0.2, -0.15) is 0 Å². The molecule has 1 aliphatic heterocycles. The molecule has 0 unspecified atom stereocenters. The lowest BCUT2D eigenvalue weighted by Gasteiger charge is -2.15. The van der Waals surface area contributed by atoms with E-state index < -0.39 is 0 Å². The third-order valence-electron chi connectivity index (χ3n) is 4.78. The topological polar surface area (TPSA) is 51.1 Å². The zero-order valence-corrected chi connectivity index (χ0v) is 22.7. The van der Waals surface area contributed by atoms with E-state index in [4.69, 9.17) is 37.7 Å². The molecule has 0 N–H and O–H groups in total. The Balaban J connectivity index is 1.77. The standard InChI is InChI=1S/C25H19Cl2IN2O3S/c1-3-33-21-13-15(12-20(28)23(21)32-2)14-22-24(31)30(19-10-6-17(27)7-11-19)25(34-22)29-18-8-4-16(26)5-9-18/h4-14H,3H2,1-2H3/b22-14-,29-25?. The van der Waals surface area contributed by atoms with Gasteiger partial charge < -0.3 is 9.47 Å². The fourth-order valence-electron chi connectivity index (χ4n) is 3.28. The lowest BCUT2D eigenvalue weighted by atomic mass is 10.1. The highest BCUT2D eigenvalue weighted by atomic mass is 127. The summed E-state index contributed by atoms with van der Waals surface area (Å²) in [5.41, 5.74) is 2.20. The van der Waals surface area contributed by atoms with Crippen molar-refractivity contribution in [1.82, 2.24) is 0 Å². The quantitative estimate of drug-likeness (QED) is 0.207. The monoisotopic (exact) mass is 624 g/mol. The maximum absolute atomic E-state index is 13.5. The summed E-state index contributed by atoms with van der Waals surface area (Å²) in [5.74, 6) is 1.12. The van der Waals surface area contributed by atoms with Gasteiger partial charge in [-0.1, -0.05) is 23.2 Å². The molecule has 5 nitrogen and oxygen atoms in total. The Morgan fingerprint density at radius 3 is 2.32 bits per heavy atom. The number of hydrogen-bond donors (Lipinski definition) is 0. The van der Waals surface area contributed by atoms with Crippen molar-refractivity contribution in [2.75, 3.05) is 18.6 Å². The van der Waals surface area contributed by atoms with Crippen LogP contribution >= 0.6 is 57.6 Å². The second-order valence-corrected chi connectivity index (χ2v) is 10.1. The van der Waals surface area contributed by atoms with Crippen molar-refractivity contribution in [3.63, 3.8) is 0 Å². The molecule has 0 saturated carbocycles. The fourth-order valence-corrected chi connectivity index (χ4v) is 5.37. The predicted molar refractivity (Wildman–Crippen MR) is 150 cm³/mol. The summed E-state index contributed by atoms with van der Waals surface area (Å²) in [6, 6.07) is 18.0. The van der Waals surface area contributed by atoms with Gasteiger partial charge in [0.2, 0.25) is 0 Å². The van der Waals surface area contributed by atoms with Gasteiger partial charge in [-0.3, -0.25) is 9.69 Å². The molecular weight excluding hydrogens is 606 g/mol. The SMILES string of the molecule is CCOc1cc(/C=C2\SC(=Nc3ccc(Cl)cc3)N(c3ccc(Cl)cc3)C2=O)cc(I)c1OC. The van der Waals surface area contributed by atoms with Gasteiger partial charge in [0.15, 0.2) is 16.7 Å². The molecule has 0 atom stereocenters. The van der Waals surface area contributed by atoms with E-state index in [1.54, 1.807) is 48.4 Å². The van der Waals surface area contributed by atoms with Crippen molar-refractivity contribution < 1.29 is 14.3 Å². The van der Waals surface area contributed by atoms with Crippen molar-refractivity contribution in [3.8, 4) is 11.5 Å². The van der Waals surface area contributed by atoms with Gasteiger partial charge in [-0.25, -0.2) is 4.99 Å². The van der Waals surface area contributed by atoms with Gasteiger partial charge in [0.05, 0.1) is 33.6 Å². The second-order valence-electron chi connectivity index (χ2n) is 7.07. The number of ether oxygens (including phenoxy) is 2. The maximum Gasteiger partial charge on any atom is 0.271 e. The first-order valence-corrected chi connectivity index (χ1v) is 12.9. The minimum absolute atomic E-state index is 0.177. The van der Waals surface area contributed by atoms with Gasteiger partial charge in [0.1, 0.15) is 0 Å². The van der Waals surface area contributed by atoms with Crippen LogP contribution in [0.1, 0.15) is 12.5 Å². The Kier molecular flexibility index (Phi) is 8.08. The van der Waals surface area contributed by atoms with Crippen LogP contribution in [0.5, 0.6) is 11.5 Å². The zero-order valence-electron chi connectivity index (χ0n) is 18.2. The molecule has 0 aromatic heterocycles. The number of anilines is 1. The molecule has 3 aromatic rings. The Morgan fingerprint density at radius 1 is 1.06 bits per heavy atom. The van der Waals surface area contributed by atoms with Crippen LogP contribution in [0.2, 0.25) is 10.0 Å². The molecule has 1 aliphatic rings. The molecule has 174 valence electrons. The number of hydrogen-bond acceptors (Lipinski definition) is 5. The van der Waals surface area contributed by atoms with E-state index in [1.807, 2.05) is 37.3 Å². The van der Waals surface area contributed by atoms with Crippen molar-refractivity contribution in [2.24, 2.45) is 4.99 Å². The first kappa shape index (κ1) is 24.9. The molecule has 1 amide bonds. The molecule has 9 heteroatoms. The lowest BCUT2D eigenvalue weighted by Crippen LogP contribution is -2.28. The summed E-state index contributed by atoms with van der Waals surface area (Å²) in [5, 5.41) is 1.74. The molecule has 4 rings (SSSR count). The zero-order chi connectivity index (χ0) is 24.2. The second kappa shape index (κ2) is 11.0. The maximum atomic E-state index is 13.5. The summed E-state index contributed by atoms with van der Waals surface area (Å²) < 4.78 is 12.1. The van der Waals surface area contributed by atoms with Gasteiger partial charge in [-0.15, -0.1) is 0 Å². The molecule has 34 heavy (non-hydrogen) atoms. The number of nitrogens with zero attached hydrogens (tertiary/aromatic N) is 2. The first-order chi connectivity index (χ1) is 16.4. The van der Waals surface area contributed by atoms with Crippen LogP contribution in [0.3, 0.4) is 0 Å². The van der Waals surface area contributed by atoms with Crippen molar-refractivity contribution in [2.45, 2.75) is 6.92 Å². The van der Waals surface area contributed by atoms with Crippen molar-refractivity contribution in [1.29, 1.82) is 0 Å². The van der Waals surface area contributed by atoms with Crippen LogP contribution in [-0.2, 0) is 4.79 Å². The van der Waals surface area contributed by atoms with Gasteiger partial charge in [0, 0.05) is 10.0 Å². The summed E-state index contributed by atoms with van der Waals surface area (Å²) in [4.78, 5) is 20.3. The van der Waals surface area contributed by atoms with E-state index in [0.29, 0.717) is 49.6 Å². The van der Waals surface area contributed by atoms with Crippen molar-refractivity contribution in [3.05, 3.63) is 84.7 Å². The molecule has 1 heterocycles. The lowest BCUT2D eigenvalue weighted by molar-refractivity contribution is -0.113.